The maximum absolute atomic E-state index is 13.2. The third-order valence-electron chi connectivity index (χ3n) is 4.75. The van der Waals surface area contributed by atoms with E-state index in [9.17, 15) is 9.59 Å². The number of thiophene rings is 1. The fraction of sp³-hybridized carbons (Fsp3) is 0.381. The summed E-state index contributed by atoms with van der Waals surface area (Å²) in [7, 11) is 2.99. The molecule has 0 radical (unpaired) electrons. The van der Waals surface area contributed by atoms with Gasteiger partial charge in [-0.1, -0.05) is 35.9 Å². The summed E-state index contributed by atoms with van der Waals surface area (Å²) in [6.07, 6.45) is 0.556. The lowest BCUT2D eigenvalue weighted by molar-refractivity contribution is -0.144. The van der Waals surface area contributed by atoms with E-state index in [0.29, 0.717) is 18.1 Å². The van der Waals surface area contributed by atoms with Crippen molar-refractivity contribution in [2.45, 2.75) is 12.5 Å². The second kappa shape index (κ2) is 10.7. The van der Waals surface area contributed by atoms with Crippen molar-refractivity contribution >= 4 is 40.5 Å². The van der Waals surface area contributed by atoms with Gasteiger partial charge < -0.3 is 14.4 Å². The minimum Gasteiger partial charge on any atom is -0.383 e. The van der Waals surface area contributed by atoms with Gasteiger partial charge in [0.15, 0.2) is 0 Å². The van der Waals surface area contributed by atoms with Gasteiger partial charge in [0.1, 0.15) is 13.2 Å². The quantitative estimate of drug-likeness (QED) is 0.589. The van der Waals surface area contributed by atoms with Crippen LogP contribution in [0.3, 0.4) is 0 Å². The van der Waals surface area contributed by atoms with E-state index in [2.05, 4.69) is 5.10 Å². The predicted octanol–water partition coefficient (Wildman–Crippen LogP) is 3.20. The van der Waals surface area contributed by atoms with Gasteiger partial charge in [-0.3, -0.25) is 9.59 Å². The van der Waals surface area contributed by atoms with Crippen LogP contribution in [0.4, 0.5) is 0 Å². The number of amides is 2. The molecule has 1 atom stereocenters. The summed E-state index contributed by atoms with van der Waals surface area (Å²) in [5.74, 6) is -0.564. The molecular weight excluding hydrogens is 426 g/mol. The molecule has 0 fully saturated rings. The van der Waals surface area contributed by atoms with Crippen molar-refractivity contribution in [3.8, 4) is 0 Å². The highest BCUT2D eigenvalue weighted by atomic mass is 35.5. The zero-order chi connectivity index (χ0) is 21.5. The number of nitrogens with zero attached hydrogens (tertiary/aromatic N) is 3. The molecule has 1 aliphatic rings. The van der Waals surface area contributed by atoms with Gasteiger partial charge >= 0.3 is 0 Å². The number of benzene rings is 1. The van der Waals surface area contributed by atoms with E-state index in [1.54, 1.807) is 24.5 Å². The number of hydrogen-bond donors (Lipinski definition) is 0. The normalized spacial score (nSPS) is 15.9. The van der Waals surface area contributed by atoms with Crippen molar-refractivity contribution < 1.29 is 19.1 Å². The van der Waals surface area contributed by atoms with E-state index in [0.717, 1.165) is 16.2 Å². The molecule has 0 saturated carbocycles. The summed E-state index contributed by atoms with van der Waals surface area (Å²) >= 11 is 8.00. The molecule has 0 spiro atoms. The van der Waals surface area contributed by atoms with E-state index >= 15 is 0 Å². The monoisotopic (exact) mass is 449 g/mol. The third-order valence-corrected chi connectivity index (χ3v) is 6.01. The Morgan fingerprint density at radius 1 is 1.23 bits per heavy atom. The zero-order valence-electron chi connectivity index (χ0n) is 16.9. The first-order valence-electron chi connectivity index (χ1n) is 9.48. The van der Waals surface area contributed by atoms with Crippen molar-refractivity contribution in [2.75, 3.05) is 40.5 Å². The number of methoxy groups -OCH3 is 2. The molecule has 2 aromatic rings. The van der Waals surface area contributed by atoms with E-state index in [1.807, 2.05) is 35.7 Å². The Hall–Kier alpha value is -2.26. The largest absolute Gasteiger partial charge is 0.383 e. The lowest BCUT2D eigenvalue weighted by Crippen LogP contribution is -2.44. The Balaban J connectivity index is 1.86. The number of hydrazone groups is 1. The van der Waals surface area contributed by atoms with Crippen LogP contribution in [0.25, 0.3) is 0 Å². The summed E-state index contributed by atoms with van der Waals surface area (Å²) < 4.78 is 10.0. The van der Waals surface area contributed by atoms with Crippen molar-refractivity contribution in [3.63, 3.8) is 0 Å². The SMILES string of the molecule is COCCN(CC(=O)N1N=C(c2cccs2)C[C@H]1c1ccccc1Cl)C(=O)COC. The molecule has 1 aromatic heterocycles. The molecule has 30 heavy (non-hydrogen) atoms. The van der Waals surface area contributed by atoms with E-state index < -0.39 is 0 Å². The molecule has 9 heteroatoms. The lowest BCUT2D eigenvalue weighted by atomic mass is 10.0. The summed E-state index contributed by atoms with van der Waals surface area (Å²) in [6.45, 7) is 0.388. The van der Waals surface area contributed by atoms with Gasteiger partial charge in [0.2, 0.25) is 5.91 Å². The number of ether oxygens (including phenoxy) is 2. The number of carbonyl (C=O) groups is 2. The van der Waals surface area contributed by atoms with Crippen LogP contribution in [-0.4, -0.2) is 68.0 Å². The van der Waals surface area contributed by atoms with Crippen LogP contribution in [0, 0.1) is 0 Å². The second-order valence-corrected chi connectivity index (χ2v) is 8.10. The molecule has 0 aliphatic carbocycles. The molecule has 0 unspecified atom stereocenters. The van der Waals surface area contributed by atoms with Crippen LogP contribution in [0.2, 0.25) is 5.02 Å². The van der Waals surface area contributed by atoms with E-state index in [1.165, 1.54) is 17.0 Å². The van der Waals surface area contributed by atoms with Crippen LogP contribution in [0.15, 0.2) is 46.9 Å². The summed E-state index contributed by atoms with van der Waals surface area (Å²) in [5.41, 5.74) is 1.66. The molecule has 0 N–H and O–H groups in total. The average molecular weight is 450 g/mol. The predicted molar refractivity (Wildman–Crippen MR) is 117 cm³/mol. The first-order chi connectivity index (χ1) is 14.5. The molecular formula is C21H24ClN3O4S. The molecule has 7 nitrogen and oxygen atoms in total. The summed E-state index contributed by atoms with van der Waals surface area (Å²) in [5, 5.41) is 8.63. The molecule has 3 rings (SSSR count). The van der Waals surface area contributed by atoms with Crippen LogP contribution in [0.5, 0.6) is 0 Å². The number of halogens is 1. The van der Waals surface area contributed by atoms with Gasteiger partial charge in [0.25, 0.3) is 5.91 Å². The van der Waals surface area contributed by atoms with Crippen LogP contribution < -0.4 is 0 Å². The van der Waals surface area contributed by atoms with Crippen molar-refractivity contribution in [1.29, 1.82) is 0 Å². The molecule has 1 aliphatic heterocycles. The Morgan fingerprint density at radius 2 is 2.03 bits per heavy atom. The Kier molecular flexibility index (Phi) is 7.98. The third kappa shape index (κ3) is 5.26. The van der Waals surface area contributed by atoms with Crippen LogP contribution in [-0.2, 0) is 19.1 Å². The molecule has 0 saturated heterocycles. The smallest absolute Gasteiger partial charge is 0.262 e. The summed E-state index contributed by atoms with van der Waals surface area (Å²) in [6, 6.07) is 11.0. The zero-order valence-corrected chi connectivity index (χ0v) is 18.5. The highest BCUT2D eigenvalue weighted by Gasteiger charge is 2.35. The molecule has 2 amide bonds. The molecule has 1 aromatic carbocycles. The highest BCUT2D eigenvalue weighted by Crippen LogP contribution is 2.37. The van der Waals surface area contributed by atoms with E-state index in [-0.39, 0.29) is 37.6 Å². The number of carbonyl (C=O) groups excluding carboxylic acids is 2. The average Bonchev–Trinajstić information content (AvgIpc) is 3.41. The van der Waals surface area contributed by atoms with Crippen LogP contribution in [0.1, 0.15) is 22.9 Å². The van der Waals surface area contributed by atoms with Crippen molar-refractivity contribution in [2.24, 2.45) is 5.10 Å². The first kappa shape index (κ1) is 22.4. The minimum absolute atomic E-state index is 0.103. The molecule has 2 heterocycles. The van der Waals surface area contributed by atoms with Gasteiger partial charge in [-0.25, -0.2) is 5.01 Å². The topological polar surface area (TPSA) is 71.4 Å². The highest BCUT2D eigenvalue weighted by molar-refractivity contribution is 7.12. The Labute approximate surface area is 184 Å². The van der Waals surface area contributed by atoms with Crippen molar-refractivity contribution in [3.05, 3.63) is 57.2 Å². The van der Waals surface area contributed by atoms with Gasteiger partial charge in [-0.15, -0.1) is 11.3 Å². The molecule has 160 valence electrons. The standard InChI is InChI=1S/C21H24ClN3O4S/c1-28-10-9-24(21(27)14-29-2)13-20(26)25-18(15-6-3-4-7-16(15)22)12-17(23-25)19-8-5-11-30-19/h3-8,11,18H,9-10,12-14H2,1-2H3/t18-/m0/s1. The van der Waals surface area contributed by atoms with Crippen molar-refractivity contribution in [1.82, 2.24) is 9.91 Å². The summed E-state index contributed by atoms with van der Waals surface area (Å²) in [4.78, 5) is 28.1. The Bertz CT molecular complexity index is 903. The number of rotatable bonds is 9. The second-order valence-electron chi connectivity index (χ2n) is 6.74. The molecule has 0 bridgehead atoms. The van der Waals surface area contributed by atoms with Gasteiger partial charge in [-0.2, -0.15) is 5.10 Å². The first-order valence-corrected chi connectivity index (χ1v) is 10.7. The minimum atomic E-state index is -0.329. The van der Waals surface area contributed by atoms with Gasteiger partial charge in [0.05, 0.1) is 23.2 Å². The van der Waals surface area contributed by atoms with E-state index in [4.69, 9.17) is 21.1 Å². The maximum atomic E-state index is 13.2. The fourth-order valence-corrected chi connectivity index (χ4v) is 4.25. The Morgan fingerprint density at radius 3 is 2.70 bits per heavy atom. The van der Waals surface area contributed by atoms with Gasteiger partial charge in [0, 0.05) is 32.2 Å². The maximum Gasteiger partial charge on any atom is 0.262 e. The van der Waals surface area contributed by atoms with Gasteiger partial charge in [-0.05, 0) is 23.1 Å². The number of hydrogen-bond acceptors (Lipinski definition) is 6. The fourth-order valence-electron chi connectivity index (χ4n) is 3.26. The lowest BCUT2D eigenvalue weighted by Gasteiger charge is -2.27. The van der Waals surface area contributed by atoms with Crippen LogP contribution >= 0.6 is 22.9 Å².